The highest BCUT2D eigenvalue weighted by Crippen LogP contribution is 2.32. The van der Waals surface area contributed by atoms with Crippen LogP contribution in [0.25, 0.3) is 0 Å². The topological polar surface area (TPSA) is 13.7 Å². The van der Waals surface area contributed by atoms with E-state index in [1.807, 2.05) is 0 Å². The van der Waals surface area contributed by atoms with Gasteiger partial charge in [0.15, 0.2) is 0 Å². The highest BCUT2D eigenvalue weighted by atomic mass is 16.5. The zero-order valence-electron chi connectivity index (χ0n) is 5.65. The smallest absolute Gasteiger partial charge is 0.0994 e. The lowest BCUT2D eigenvalue weighted by Crippen LogP contribution is -3.15. The number of nitrogens with one attached hydrogen (secondary N) is 1. The summed E-state index contributed by atoms with van der Waals surface area (Å²) >= 11 is 0. The Morgan fingerprint density at radius 2 is 2.22 bits per heavy atom. The van der Waals surface area contributed by atoms with E-state index in [4.69, 9.17) is 4.74 Å². The Morgan fingerprint density at radius 3 is 2.67 bits per heavy atom. The minimum absolute atomic E-state index is 0.470. The van der Waals surface area contributed by atoms with Crippen molar-refractivity contribution in [2.45, 2.75) is 18.4 Å². The van der Waals surface area contributed by atoms with Crippen molar-refractivity contribution in [3.63, 3.8) is 0 Å². The Bertz CT molecular complexity index is 120. The molecule has 0 aromatic heterocycles. The van der Waals surface area contributed by atoms with Gasteiger partial charge in [-0.05, 0) is 0 Å². The van der Waals surface area contributed by atoms with Crippen LogP contribution >= 0.6 is 0 Å². The Labute approximate surface area is 55.8 Å². The van der Waals surface area contributed by atoms with Crippen molar-refractivity contribution in [1.82, 2.24) is 0 Å². The average Bonchev–Trinajstić information content (AvgIpc) is 2.60. The van der Waals surface area contributed by atoms with Crippen molar-refractivity contribution in [3.8, 4) is 0 Å². The first-order valence-corrected chi connectivity index (χ1v) is 3.60. The summed E-state index contributed by atoms with van der Waals surface area (Å²) in [6.45, 7) is 2.95. The molecule has 1 N–H and O–H groups in total. The second kappa shape index (κ2) is 1.70. The molecule has 1 atom stereocenters. The molecule has 1 heterocycles. The van der Waals surface area contributed by atoms with Gasteiger partial charge in [-0.1, -0.05) is 0 Å². The van der Waals surface area contributed by atoms with Crippen molar-refractivity contribution in [2.24, 2.45) is 0 Å². The van der Waals surface area contributed by atoms with Crippen LogP contribution in [0.2, 0.25) is 0 Å². The SMILES string of the molecule is [CH2-][NH+]1CCOCC12CC2. The number of hydrogen-bond donors (Lipinski definition) is 1. The zero-order valence-corrected chi connectivity index (χ0v) is 5.65. The molecule has 1 aliphatic heterocycles. The van der Waals surface area contributed by atoms with Gasteiger partial charge in [0.25, 0.3) is 0 Å². The zero-order chi connectivity index (χ0) is 6.32. The number of hydrogen-bond acceptors (Lipinski definition) is 1. The molecule has 2 aliphatic rings. The van der Waals surface area contributed by atoms with Gasteiger partial charge in [-0.3, -0.25) is 0 Å². The summed E-state index contributed by atoms with van der Waals surface area (Å²) in [5, 5.41) is 0. The molecule has 2 nitrogen and oxygen atoms in total. The molecule has 9 heavy (non-hydrogen) atoms. The van der Waals surface area contributed by atoms with Gasteiger partial charge in [0.05, 0.1) is 25.3 Å². The molecular formula is C7H13NO. The van der Waals surface area contributed by atoms with Crippen LogP contribution in [0.4, 0.5) is 0 Å². The maximum absolute atomic E-state index is 5.36. The van der Waals surface area contributed by atoms with E-state index in [0.29, 0.717) is 5.54 Å². The Balaban J connectivity index is 2.03. The molecule has 1 saturated heterocycles. The third-order valence-electron chi connectivity index (χ3n) is 2.53. The van der Waals surface area contributed by atoms with Crippen LogP contribution in [0.5, 0.6) is 0 Å². The molecule has 1 saturated carbocycles. The summed E-state index contributed by atoms with van der Waals surface area (Å²) in [4.78, 5) is 1.44. The Kier molecular flexibility index (Phi) is 1.08. The van der Waals surface area contributed by atoms with E-state index >= 15 is 0 Å². The fourth-order valence-corrected chi connectivity index (χ4v) is 1.48. The van der Waals surface area contributed by atoms with Crippen LogP contribution in [0, 0.1) is 7.05 Å². The highest BCUT2D eigenvalue weighted by molar-refractivity contribution is 4.94. The largest absolute Gasteiger partial charge is 0.459 e. The molecule has 1 unspecified atom stereocenters. The molecule has 52 valence electrons. The van der Waals surface area contributed by atoms with Gasteiger partial charge in [-0.25, -0.2) is 0 Å². The van der Waals surface area contributed by atoms with Crippen molar-refractivity contribution in [3.05, 3.63) is 7.05 Å². The van der Waals surface area contributed by atoms with E-state index in [2.05, 4.69) is 7.05 Å². The van der Waals surface area contributed by atoms with Gasteiger partial charge >= 0.3 is 0 Å². The molecule has 0 radical (unpaired) electrons. The molecule has 2 rings (SSSR count). The van der Waals surface area contributed by atoms with E-state index in [1.165, 1.54) is 17.7 Å². The summed E-state index contributed by atoms with van der Waals surface area (Å²) in [5.41, 5.74) is 0.470. The van der Waals surface area contributed by atoms with E-state index in [9.17, 15) is 0 Å². The second-order valence-corrected chi connectivity index (χ2v) is 3.19. The number of morpholine rings is 1. The van der Waals surface area contributed by atoms with Crippen molar-refractivity contribution in [2.75, 3.05) is 19.8 Å². The number of ether oxygens (including phenoxy) is 1. The summed E-state index contributed by atoms with van der Waals surface area (Å²) in [5.74, 6) is 0. The monoisotopic (exact) mass is 127 g/mol. The van der Waals surface area contributed by atoms with Gasteiger partial charge in [0.2, 0.25) is 0 Å². The molecule has 1 spiro atoms. The van der Waals surface area contributed by atoms with Crippen molar-refractivity contribution in [1.29, 1.82) is 0 Å². The molecule has 0 bridgehead atoms. The van der Waals surface area contributed by atoms with E-state index in [0.717, 1.165) is 19.8 Å². The van der Waals surface area contributed by atoms with Crippen LogP contribution in [0.15, 0.2) is 0 Å². The maximum Gasteiger partial charge on any atom is 0.0994 e. The van der Waals surface area contributed by atoms with E-state index < -0.39 is 0 Å². The second-order valence-electron chi connectivity index (χ2n) is 3.19. The molecule has 0 amide bonds. The first-order valence-electron chi connectivity index (χ1n) is 3.60. The van der Waals surface area contributed by atoms with Crippen LogP contribution in [0.3, 0.4) is 0 Å². The first-order chi connectivity index (χ1) is 4.33. The third-order valence-corrected chi connectivity index (χ3v) is 2.53. The normalized spacial score (nSPS) is 39.0. The highest BCUT2D eigenvalue weighted by Gasteiger charge is 2.49. The van der Waals surface area contributed by atoms with Crippen LogP contribution < -0.4 is 4.90 Å². The van der Waals surface area contributed by atoms with Crippen LogP contribution in [0.1, 0.15) is 12.8 Å². The van der Waals surface area contributed by atoms with E-state index in [1.54, 1.807) is 0 Å². The van der Waals surface area contributed by atoms with E-state index in [-0.39, 0.29) is 0 Å². The molecule has 0 aromatic carbocycles. The first kappa shape index (κ1) is 5.69. The Morgan fingerprint density at radius 1 is 1.44 bits per heavy atom. The van der Waals surface area contributed by atoms with Crippen LogP contribution in [-0.2, 0) is 4.74 Å². The molecule has 0 aromatic rings. The quantitative estimate of drug-likeness (QED) is 0.422. The van der Waals surface area contributed by atoms with Gasteiger partial charge < -0.3 is 9.64 Å². The lowest BCUT2D eigenvalue weighted by atomic mass is 10.2. The number of rotatable bonds is 0. The van der Waals surface area contributed by atoms with Crippen LogP contribution in [-0.4, -0.2) is 25.3 Å². The maximum atomic E-state index is 5.36. The van der Waals surface area contributed by atoms with Gasteiger partial charge in [0.1, 0.15) is 0 Å². The summed E-state index contributed by atoms with van der Waals surface area (Å²) < 4.78 is 5.36. The Hall–Kier alpha value is -0.0800. The summed E-state index contributed by atoms with van der Waals surface area (Å²) in [6.07, 6.45) is 2.65. The predicted octanol–water partition coefficient (Wildman–Crippen LogP) is -0.774. The minimum atomic E-state index is 0.470. The molecule has 1 aliphatic carbocycles. The van der Waals surface area contributed by atoms with Crippen molar-refractivity contribution >= 4 is 0 Å². The van der Waals surface area contributed by atoms with Gasteiger partial charge in [-0.15, -0.1) is 0 Å². The summed E-state index contributed by atoms with van der Waals surface area (Å²) in [7, 11) is 4.05. The lowest BCUT2D eigenvalue weighted by molar-refractivity contribution is -0.902. The van der Waals surface area contributed by atoms with Gasteiger partial charge in [-0.2, -0.15) is 7.05 Å². The fraction of sp³-hybridized carbons (Fsp3) is 0.857. The van der Waals surface area contributed by atoms with Crippen molar-refractivity contribution < 1.29 is 9.64 Å². The minimum Gasteiger partial charge on any atom is -0.459 e. The third kappa shape index (κ3) is 0.775. The average molecular weight is 127 g/mol. The van der Waals surface area contributed by atoms with Gasteiger partial charge in [0, 0.05) is 12.8 Å². The predicted molar refractivity (Wildman–Crippen MR) is 34.0 cm³/mol. The molecular weight excluding hydrogens is 114 g/mol. The molecule has 2 heteroatoms. The molecule has 2 fully saturated rings. The summed E-state index contributed by atoms with van der Waals surface area (Å²) in [6, 6.07) is 0. The lowest BCUT2D eigenvalue weighted by Gasteiger charge is -2.35. The standard InChI is InChI=1S/C7H13NO/c1-8-4-5-9-6-7(8)2-3-7/h8H,1-6H2. The number of quaternary nitrogens is 1. The fourth-order valence-electron chi connectivity index (χ4n) is 1.48.